The van der Waals surface area contributed by atoms with Crippen LogP contribution in [0.25, 0.3) is 10.9 Å². The van der Waals surface area contributed by atoms with E-state index in [9.17, 15) is 17.6 Å². The maximum absolute atomic E-state index is 13.6. The first-order valence-electron chi connectivity index (χ1n) is 4.80. The Morgan fingerprint density at radius 1 is 1.25 bits per heavy atom. The highest BCUT2D eigenvalue weighted by Crippen LogP contribution is 2.32. The molecule has 2 aromatic rings. The summed E-state index contributed by atoms with van der Waals surface area (Å²) in [5.74, 6) is -0.594. The second-order valence-electron chi connectivity index (χ2n) is 3.53. The van der Waals surface area contributed by atoms with Crippen LogP contribution in [0.2, 0.25) is 0 Å². The molecule has 5 heteroatoms. The van der Waals surface area contributed by atoms with E-state index < -0.39 is 17.6 Å². The average Bonchev–Trinajstić information content (AvgIpc) is 2.54. The summed E-state index contributed by atoms with van der Waals surface area (Å²) in [6.45, 7) is 1.73. The number of H-pyrrole nitrogens is 1. The normalized spacial score (nSPS) is 12.3. The number of aromatic amines is 1. The highest BCUT2D eigenvalue weighted by molar-refractivity contribution is 5.82. The van der Waals surface area contributed by atoms with Gasteiger partial charge < -0.3 is 4.98 Å². The van der Waals surface area contributed by atoms with Crippen molar-refractivity contribution in [2.75, 3.05) is 0 Å². The van der Waals surface area contributed by atoms with Crippen molar-refractivity contribution in [1.82, 2.24) is 4.98 Å². The minimum Gasteiger partial charge on any atom is -0.356 e. The highest BCUT2D eigenvalue weighted by atomic mass is 19.4. The summed E-state index contributed by atoms with van der Waals surface area (Å²) in [5, 5.41) is -0.00771. The first kappa shape index (κ1) is 11.0. The first-order valence-corrected chi connectivity index (χ1v) is 4.80. The third-order valence-corrected chi connectivity index (χ3v) is 2.49. The molecule has 1 aromatic carbocycles. The maximum atomic E-state index is 13.6. The molecule has 1 heterocycles. The van der Waals surface area contributed by atoms with Crippen molar-refractivity contribution in [2.24, 2.45) is 0 Å². The van der Waals surface area contributed by atoms with Gasteiger partial charge in [-0.2, -0.15) is 13.2 Å². The summed E-state index contributed by atoms with van der Waals surface area (Å²) in [5.41, 5.74) is -0.114. The van der Waals surface area contributed by atoms with E-state index >= 15 is 0 Å². The molecular weight excluding hydrogens is 222 g/mol. The summed E-state index contributed by atoms with van der Waals surface area (Å²) in [6.07, 6.45) is -4.02. The molecule has 0 atom stereocenters. The Morgan fingerprint density at radius 2 is 1.94 bits per heavy atom. The zero-order chi connectivity index (χ0) is 11.9. The highest BCUT2D eigenvalue weighted by Gasteiger charge is 2.31. The topological polar surface area (TPSA) is 15.8 Å². The van der Waals surface area contributed by atoms with Crippen molar-refractivity contribution >= 4 is 10.9 Å². The van der Waals surface area contributed by atoms with E-state index in [1.54, 1.807) is 6.92 Å². The second kappa shape index (κ2) is 3.50. The van der Waals surface area contributed by atoms with Gasteiger partial charge in [0.1, 0.15) is 0 Å². The van der Waals surface area contributed by atoms with Crippen LogP contribution in [0, 0.1) is 5.82 Å². The molecule has 1 N–H and O–H groups in total. The van der Waals surface area contributed by atoms with E-state index in [4.69, 9.17) is 0 Å². The van der Waals surface area contributed by atoms with Crippen LogP contribution in [-0.2, 0) is 12.6 Å². The molecule has 0 saturated carbocycles. The molecule has 0 spiro atoms. The molecule has 0 saturated heterocycles. The smallest absolute Gasteiger partial charge is 0.356 e. The van der Waals surface area contributed by atoms with Crippen LogP contribution in [0.15, 0.2) is 18.2 Å². The molecule has 0 amide bonds. The van der Waals surface area contributed by atoms with Gasteiger partial charge in [0.05, 0.1) is 11.3 Å². The number of hydrogen-bond acceptors (Lipinski definition) is 0. The SMILES string of the molecule is CCc1[nH]c2ccc(C(F)(F)F)cc2c1F. The quantitative estimate of drug-likeness (QED) is 0.716. The number of halogens is 4. The number of aryl methyl sites for hydroxylation is 1. The van der Waals surface area contributed by atoms with Crippen molar-refractivity contribution in [3.63, 3.8) is 0 Å². The number of nitrogens with one attached hydrogen (secondary N) is 1. The lowest BCUT2D eigenvalue weighted by Crippen LogP contribution is -2.04. The molecule has 0 fully saturated rings. The Labute approximate surface area is 89.1 Å². The minimum atomic E-state index is -4.44. The van der Waals surface area contributed by atoms with E-state index in [2.05, 4.69) is 4.98 Å². The lowest BCUT2D eigenvalue weighted by Gasteiger charge is -2.05. The summed E-state index contributed by atoms with van der Waals surface area (Å²) >= 11 is 0. The Morgan fingerprint density at radius 3 is 2.50 bits per heavy atom. The zero-order valence-electron chi connectivity index (χ0n) is 8.45. The molecule has 16 heavy (non-hydrogen) atoms. The Bertz CT molecular complexity index is 524. The van der Waals surface area contributed by atoms with Gasteiger partial charge in [-0.3, -0.25) is 0 Å². The standard InChI is InChI=1S/C11H9F4N/c1-2-8-10(12)7-5-6(11(13,14)15)3-4-9(7)16-8/h3-5,16H,2H2,1H3. The van der Waals surface area contributed by atoms with Gasteiger partial charge in [-0.1, -0.05) is 6.92 Å². The average molecular weight is 231 g/mol. The van der Waals surface area contributed by atoms with Crippen molar-refractivity contribution < 1.29 is 17.6 Å². The molecular formula is C11H9F4N. The van der Waals surface area contributed by atoms with Crippen molar-refractivity contribution in [3.05, 3.63) is 35.3 Å². The molecule has 0 radical (unpaired) electrons. The third kappa shape index (κ3) is 1.66. The van der Waals surface area contributed by atoms with Crippen molar-refractivity contribution in [2.45, 2.75) is 19.5 Å². The minimum absolute atomic E-state index is 0.00771. The molecule has 1 nitrogen and oxygen atoms in total. The van der Waals surface area contributed by atoms with Gasteiger partial charge in [-0.05, 0) is 24.6 Å². The summed E-state index contributed by atoms with van der Waals surface area (Å²) < 4.78 is 50.8. The monoisotopic (exact) mass is 231 g/mol. The predicted octanol–water partition coefficient (Wildman–Crippen LogP) is 3.89. The number of alkyl halides is 3. The van der Waals surface area contributed by atoms with Crippen molar-refractivity contribution in [1.29, 1.82) is 0 Å². The maximum Gasteiger partial charge on any atom is 0.416 e. The van der Waals surface area contributed by atoms with E-state index in [-0.39, 0.29) is 5.39 Å². The fourth-order valence-electron chi connectivity index (χ4n) is 1.63. The Balaban J connectivity index is 2.66. The van der Waals surface area contributed by atoms with Gasteiger partial charge in [0.2, 0.25) is 0 Å². The largest absolute Gasteiger partial charge is 0.416 e. The molecule has 0 bridgehead atoms. The number of rotatable bonds is 1. The summed E-state index contributed by atoms with van der Waals surface area (Å²) in [6, 6.07) is 3.03. The predicted molar refractivity (Wildman–Crippen MR) is 52.6 cm³/mol. The van der Waals surface area contributed by atoms with Gasteiger partial charge in [0, 0.05) is 10.9 Å². The van der Waals surface area contributed by atoms with Crippen molar-refractivity contribution in [3.8, 4) is 0 Å². The lowest BCUT2D eigenvalue weighted by molar-refractivity contribution is -0.137. The second-order valence-corrected chi connectivity index (χ2v) is 3.53. The molecule has 0 aliphatic carbocycles. The van der Waals surface area contributed by atoms with Crippen LogP contribution < -0.4 is 0 Å². The molecule has 86 valence electrons. The van der Waals surface area contributed by atoms with Gasteiger partial charge in [0.15, 0.2) is 5.82 Å². The number of fused-ring (bicyclic) bond motifs is 1. The molecule has 2 rings (SSSR count). The van der Waals surface area contributed by atoms with Crippen LogP contribution in [0.4, 0.5) is 17.6 Å². The molecule has 0 aliphatic heterocycles. The van der Waals surface area contributed by atoms with Crippen LogP contribution in [0.3, 0.4) is 0 Å². The first-order chi connectivity index (χ1) is 7.43. The molecule has 0 aliphatic rings. The van der Waals surface area contributed by atoms with Gasteiger partial charge in [0.25, 0.3) is 0 Å². The zero-order valence-corrected chi connectivity index (χ0v) is 8.45. The number of hydrogen-bond donors (Lipinski definition) is 1. The van der Waals surface area contributed by atoms with E-state index in [1.807, 2.05) is 0 Å². The number of benzene rings is 1. The van der Waals surface area contributed by atoms with Gasteiger partial charge >= 0.3 is 6.18 Å². The van der Waals surface area contributed by atoms with E-state index in [0.29, 0.717) is 17.6 Å². The summed E-state index contributed by atoms with van der Waals surface area (Å²) in [7, 11) is 0. The fourth-order valence-corrected chi connectivity index (χ4v) is 1.63. The van der Waals surface area contributed by atoms with Crippen LogP contribution >= 0.6 is 0 Å². The lowest BCUT2D eigenvalue weighted by atomic mass is 10.1. The molecule has 1 aromatic heterocycles. The Hall–Kier alpha value is -1.52. The Kier molecular flexibility index (Phi) is 2.40. The summed E-state index contributed by atoms with van der Waals surface area (Å²) in [4.78, 5) is 2.75. The fraction of sp³-hybridized carbons (Fsp3) is 0.273. The van der Waals surface area contributed by atoms with E-state index in [1.165, 1.54) is 6.07 Å². The van der Waals surface area contributed by atoms with Gasteiger partial charge in [-0.15, -0.1) is 0 Å². The molecule has 0 unspecified atom stereocenters. The third-order valence-electron chi connectivity index (χ3n) is 2.49. The van der Waals surface area contributed by atoms with Gasteiger partial charge in [-0.25, -0.2) is 4.39 Å². The number of aromatic nitrogens is 1. The van der Waals surface area contributed by atoms with Crippen LogP contribution in [-0.4, -0.2) is 4.98 Å². The van der Waals surface area contributed by atoms with Crippen LogP contribution in [0.5, 0.6) is 0 Å². The van der Waals surface area contributed by atoms with E-state index in [0.717, 1.165) is 12.1 Å². The van der Waals surface area contributed by atoms with Crippen LogP contribution in [0.1, 0.15) is 18.2 Å².